The first kappa shape index (κ1) is 19.5. The molecule has 2 heterocycles. The zero-order valence-electron chi connectivity index (χ0n) is 17.3. The van der Waals surface area contributed by atoms with Gasteiger partial charge in [0, 0.05) is 47.6 Å². The summed E-state index contributed by atoms with van der Waals surface area (Å²) in [6, 6.07) is 19.0. The normalized spacial score (nSPS) is 13.1. The number of hydrogen-bond donors (Lipinski definition) is 0. The maximum Gasteiger partial charge on any atom is 0.191 e. The van der Waals surface area contributed by atoms with Gasteiger partial charge in [-0.05, 0) is 51.1 Å². The quantitative estimate of drug-likeness (QED) is 0.458. The number of aromatic nitrogens is 2. The van der Waals surface area contributed by atoms with Gasteiger partial charge >= 0.3 is 0 Å². The summed E-state index contributed by atoms with van der Waals surface area (Å²) >= 11 is 0. The monoisotopic (exact) mass is 406 g/mol. The second-order valence-electron chi connectivity index (χ2n) is 7.54. The van der Waals surface area contributed by atoms with Gasteiger partial charge in [0.2, 0.25) is 0 Å². The molecule has 4 aromatic rings. The van der Waals surface area contributed by atoms with Crippen LogP contribution < -0.4 is 0 Å². The molecule has 29 heavy (non-hydrogen) atoms. The van der Waals surface area contributed by atoms with Gasteiger partial charge in [0.25, 0.3) is 0 Å². The van der Waals surface area contributed by atoms with Gasteiger partial charge in [0.05, 0.1) is 4.90 Å². The van der Waals surface area contributed by atoms with Gasteiger partial charge < -0.3 is 9.13 Å². The van der Waals surface area contributed by atoms with Crippen LogP contribution in [-0.2, 0) is 23.4 Å². The van der Waals surface area contributed by atoms with E-state index in [1.165, 1.54) is 0 Å². The molecule has 0 spiro atoms. The molecule has 0 aliphatic rings. The third-order valence-electron chi connectivity index (χ3n) is 5.77. The summed E-state index contributed by atoms with van der Waals surface area (Å²) in [7, 11) is -1.76. The largest absolute Gasteiger partial charge is 0.353 e. The topological polar surface area (TPSA) is 44.0 Å². The zero-order valence-corrected chi connectivity index (χ0v) is 18.1. The SMILES string of the molecule is CCn1c(C)c(C(c2cccn2C)S(=O)(=O)c2ccc(C)cc2)c2ccccc21. The highest BCUT2D eigenvalue weighted by molar-refractivity contribution is 7.92. The Kier molecular flexibility index (Phi) is 4.87. The first-order chi connectivity index (χ1) is 13.9. The first-order valence-corrected chi connectivity index (χ1v) is 11.4. The van der Waals surface area contributed by atoms with Crippen molar-refractivity contribution in [2.75, 3.05) is 0 Å². The zero-order chi connectivity index (χ0) is 20.8. The molecule has 0 aliphatic heterocycles. The summed E-state index contributed by atoms with van der Waals surface area (Å²) < 4.78 is 32.0. The molecular weight excluding hydrogens is 380 g/mol. The van der Waals surface area contributed by atoms with Crippen LogP contribution in [0.3, 0.4) is 0 Å². The molecule has 4 nitrogen and oxygen atoms in total. The minimum Gasteiger partial charge on any atom is -0.353 e. The van der Waals surface area contributed by atoms with Crippen LogP contribution in [-0.4, -0.2) is 17.6 Å². The lowest BCUT2D eigenvalue weighted by Gasteiger charge is -2.20. The molecule has 150 valence electrons. The Balaban J connectivity index is 2.07. The molecular formula is C24H26N2O2S. The van der Waals surface area contributed by atoms with Crippen LogP contribution in [0, 0.1) is 13.8 Å². The second-order valence-corrected chi connectivity index (χ2v) is 9.58. The van der Waals surface area contributed by atoms with Gasteiger partial charge in [-0.2, -0.15) is 0 Å². The van der Waals surface area contributed by atoms with Crippen molar-refractivity contribution < 1.29 is 8.42 Å². The molecule has 0 N–H and O–H groups in total. The van der Waals surface area contributed by atoms with Crippen molar-refractivity contribution in [2.24, 2.45) is 7.05 Å². The van der Waals surface area contributed by atoms with Crippen molar-refractivity contribution in [2.45, 2.75) is 37.5 Å². The summed E-state index contributed by atoms with van der Waals surface area (Å²) in [5, 5.41) is 0.219. The van der Waals surface area contributed by atoms with Crippen LogP contribution >= 0.6 is 0 Å². The summed E-state index contributed by atoms with van der Waals surface area (Å²) in [6.07, 6.45) is 1.90. The minimum absolute atomic E-state index is 0.349. The molecule has 0 saturated carbocycles. The predicted octanol–water partition coefficient (Wildman–Crippen LogP) is 5.18. The number of para-hydroxylation sites is 1. The van der Waals surface area contributed by atoms with Crippen molar-refractivity contribution in [3.63, 3.8) is 0 Å². The average molecular weight is 407 g/mol. The van der Waals surface area contributed by atoms with E-state index in [1.54, 1.807) is 12.1 Å². The highest BCUT2D eigenvalue weighted by atomic mass is 32.2. The van der Waals surface area contributed by atoms with E-state index in [2.05, 4.69) is 17.6 Å². The molecule has 0 aliphatic carbocycles. The van der Waals surface area contributed by atoms with E-state index in [4.69, 9.17) is 0 Å². The number of rotatable bonds is 5. The van der Waals surface area contributed by atoms with Gasteiger partial charge in [-0.25, -0.2) is 8.42 Å². The molecule has 0 radical (unpaired) electrons. The van der Waals surface area contributed by atoms with E-state index < -0.39 is 15.1 Å². The van der Waals surface area contributed by atoms with Crippen LogP contribution in [0.2, 0.25) is 0 Å². The van der Waals surface area contributed by atoms with Gasteiger partial charge in [-0.15, -0.1) is 0 Å². The van der Waals surface area contributed by atoms with Gasteiger partial charge in [-0.3, -0.25) is 0 Å². The van der Waals surface area contributed by atoms with E-state index in [0.29, 0.717) is 4.90 Å². The standard InChI is InChI=1S/C24H26N2O2S/c1-5-26-18(3)23(20-9-6-7-10-21(20)26)24(22-11-8-16-25(22)4)29(27,28)19-14-12-17(2)13-15-19/h6-16,24H,5H2,1-4H3. The summed E-state index contributed by atoms with van der Waals surface area (Å²) in [5.74, 6) is 0. The summed E-state index contributed by atoms with van der Waals surface area (Å²) in [5.41, 5.74) is 4.74. The number of nitrogens with zero attached hydrogens (tertiary/aromatic N) is 2. The van der Waals surface area contributed by atoms with Crippen LogP contribution in [0.25, 0.3) is 10.9 Å². The Bertz CT molecular complexity index is 1280. The predicted molar refractivity (Wildman–Crippen MR) is 118 cm³/mol. The Morgan fingerprint density at radius 3 is 2.24 bits per heavy atom. The van der Waals surface area contributed by atoms with Crippen molar-refractivity contribution in [3.8, 4) is 0 Å². The van der Waals surface area contributed by atoms with Gasteiger partial charge in [0.15, 0.2) is 9.84 Å². The van der Waals surface area contributed by atoms with Crippen LogP contribution in [0.15, 0.2) is 71.8 Å². The molecule has 1 unspecified atom stereocenters. The molecule has 0 saturated heterocycles. The van der Waals surface area contributed by atoms with E-state index in [-0.39, 0.29) is 0 Å². The van der Waals surface area contributed by atoms with Gasteiger partial charge in [0.1, 0.15) is 5.25 Å². The number of benzene rings is 2. The van der Waals surface area contributed by atoms with E-state index in [0.717, 1.165) is 40.0 Å². The number of hydrogen-bond acceptors (Lipinski definition) is 2. The molecule has 0 bridgehead atoms. The van der Waals surface area contributed by atoms with Gasteiger partial charge in [-0.1, -0.05) is 35.9 Å². The number of sulfone groups is 1. The lowest BCUT2D eigenvalue weighted by atomic mass is 10.1. The molecule has 1 atom stereocenters. The second kappa shape index (κ2) is 7.23. The highest BCUT2D eigenvalue weighted by Gasteiger charge is 2.36. The van der Waals surface area contributed by atoms with E-state index >= 15 is 0 Å². The molecule has 2 aromatic heterocycles. The lowest BCUT2D eigenvalue weighted by molar-refractivity contribution is 0.585. The summed E-state index contributed by atoms with van der Waals surface area (Å²) in [6.45, 7) is 6.87. The maximum absolute atomic E-state index is 14.0. The first-order valence-electron chi connectivity index (χ1n) is 9.85. The Labute approximate surface area is 172 Å². The number of fused-ring (bicyclic) bond motifs is 1. The van der Waals surface area contributed by atoms with Crippen molar-refractivity contribution in [1.29, 1.82) is 0 Å². The average Bonchev–Trinajstić information content (AvgIpc) is 3.24. The Morgan fingerprint density at radius 1 is 0.931 bits per heavy atom. The van der Waals surface area contributed by atoms with Crippen molar-refractivity contribution in [3.05, 3.63) is 89.4 Å². The Hall–Kier alpha value is -2.79. The van der Waals surface area contributed by atoms with Crippen LogP contribution in [0.5, 0.6) is 0 Å². The highest BCUT2D eigenvalue weighted by Crippen LogP contribution is 2.41. The third-order valence-corrected chi connectivity index (χ3v) is 7.80. The fourth-order valence-corrected chi connectivity index (χ4v) is 6.23. The minimum atomic E-state index is -3.66. The van der Waals surface area contributed by atoms with Crippen LogP contribution in [0.1, 0.15) is 34.7 Å². The Morgan fingerprint density at radius 2 is 1.62 bits per heavy atom. The lowest BCUT2D eigenvalue weighted by Crippen LogP contribution is -2.19. The fraction of sp³-hybridized carbons (Fsp3) is 0.250. The molecule has 0 fully saturated rings. The maximum atomic E-state index is 14.0. The molecule has 2 aromatic carbocycles. The van der Waals surface area contributed by atoms with Crippen molar-refractivity contribution >= 4 is 20.7 Å². The van der Waals surface area contributed by atoms with Crippen LogP contribution in [0.4, 0.5) is 0 Å². The van der Waals surface area contributed by atoms with Crippen molar-refractivity contribution in [1.82, 2.24) is 9.13 Å². The van der Waals surface area contributed by atoms with E-state index in [1.807, 2.05) is 74.1 Å². The fourth-order valence-electron chi connectivity index (χ4n) is 4.27. The molecule has 0 amide bonds. The smallest absolute Gasteiger partial charge is 0.191 e. The van der Waals surface area contributed by atoms with E-state index in [9.17, 15) is 8.42 Å². The number of aryl methyl sites for hydroxylation is 3. The molecule has 5 heteroatoms. The summed E-state index contributed by atoms with van der Waals surface area (Å²) in [4.78, 5) is 0.349. The third kappa shape index (κ3) is 3.10. The molecule has 4 rings (SSSR count).